The standard InChI is InChI=1S/C13H26NO7P/c1-8(2)6-11(15)14-12(13(16)17)10(5)21-22(18,19)20-7-9(3)4/h8-10,12H,6-7H2,1-5H3,(H,14,15)(H,16,17)(H,18,19). The molecule has 130 valence electrons. The van der Waals surface area contributed by atoms with E-state index in [0.29, 0.717) is 0 Å². The molecule has 0 aromatic heterocycles. The van der Waals surface area contributed by atoms with Crippen LogP contribution >= 0.6 is 7.82 Å². The van der Waals surface area contributed by atoms with Gasteiger partial charge in [-0.1, -0.05) is 27.7 Å². The minimum atomic E-state index is -4.38. The van der Waals surface area contributed by atoms with Crippen molar-refractivity contribution in [2.24, 2.45) is 11.8 Å². The first-order valence-corrected chi connectivity index (χ1v) is 8.62. The lowest BCUT2D eigenvalue weighted by Gasteiger charge is -2.24. The van der Waals surface area contributed by atoms with Gasteiger partial charge in [0.15, 0.2) is 6.04 Å². The van der Waals surface area contributed by atoms with Crippen molar-refractivity contribution < 1.29 is 33.2 Å². The Morgan fingerprint density at radius 2 is 1.68 bits per heavy atom. The molecule has 0 heterocycles. The van der Waals surface area contributed by atoms with E-state index in [4.69, 9.17) is 14.2 Å². The summed E-state index contributed by atoms with van der Waals surface area (Å²) in [4.78, 5) is 32.4. The van der Waals surface area contributed by atoms with Gasteiger partial charge in [0.2, 0.25) is 5.91 Å². The third kappa shape index (κ3) is 9.15. The number of hydrogen-bond acceptors (Lipinski definition) is 5. The molecule has 3 N–H and O–H groups in total. The van der Waals surface area contributed by atoms with Gasteiger partial charge in [0.1, 0.15) is 0 Å². The van der Waals surface area contributed by atoms with Crippen molar-refractivity contribution in [1.82, 2.24) is 5.32 Å². The van der Waals surface area contributed by atoms with E-state index in [0.717, 1.165) is 0 Å². The average Bonchev–Trinajstić information content (AvgIpc) is 2.31. The van der Waals surface area contributed by atoms with E-state index >= 15 is 0 Å². The van der Waals surface area contributed by atoms with Crippen molar-refractivity contribution in [2.75, 3.05) is 6.61 Å². The second kappa shape index (κ2) is 9.25. The first kappa shape index (κ1) is 21.0. The number of phosphoric acid groups is 1. The fraction of sp³-hybridized carbons (Fsp3) is 0.846. The van der Waals surface area contributed by atoms with Gasteiger partial charge in [-0.05, 0) is 18.8 Å². The Balaban J connectivity index is 4.72. The second-order valence-electron chi connectivity index (χ2n) is 5.95. The molecular weight excluding hydrogens is 313 g/mol. The SMILES string of the molecule is CC(C)COP(=O)(O)OC(C)C(NC(=O)CC(C)C)C(=O)O. The van der Waals surface area contributed by atoms with Crippen LogP contribution in [0.3, 0.4) is 0 Å². The van der Waals surface area contributed by atoms with Crippen LogP contribution in [0.15, 0.2) is 0 Å². The zero-order valence-corrected chi connectivity index (χ0v) is 14.5. The first-order valence-electron chi connectivity index (χ1n) is 7.12. The molecule has 0 fully saturated rings. The van der Waals surface area contributed by atoms with Crippen LogP contribution in [-0.4, -0.2) is 40.6 Å². The minimum absolute atomic E-state index is 0.00204. The van der Waals surface area contributed by atoms with Crippen molar-refractivity contribution in [3.05, 3.63) is 0 Å². The quantitative estimate of drug-likeness (QED) is 0.518. The third-order valence-electron chi connectivity index (χ3n) is 2.52. The van der Waals surface area contributed by atoms with E-state index in [1.54, 1.807) is 13.8 Å². The van der Waals surface area contributed by atoms with Crippen molar-refractivity contribution in [3.8, 4) is 0 Å². The summed E-state index contributed by atoms with van der Waals surface area (Å²) in [5, 5.41) is 11.4. The highest BCUT2D eigenvalue weighted by Crippen LogP contribution is 2.45. The summed E-state index contributed by atoms with van der Waals surface area (Å²) in [6, 6.07) is -1.44. The molecule has 22 heavy (non-hydrogen) atoms. The Bertz CT molecular complexity index is 425. The minimum Gasteiger partial charge on any atom is -0.480 e. The number of carbonyl (C=O) groups excluding carboxylic acids is 1. The molecule has 0 saturated carbocycles. The van der Waals surface area contributed by atoms with E-state index in [1.807, 2.05) is 13.8 Å². The summed E-state index contributed by atoms with van der Waals surface area (Å²) in [6.07, 6.45) is -1.08. The molecule has 0 aromatic carbocycles. The predicted molar refractivity (Wildman–Crippen MR) is 80.2 cm³/mol. The lowest BCUT2D eigenvalue weighted by atomic mass is 10.1. The lowest BCUT2D eigenvalue weighted by Crippen LogP contribution is -2.48. The summed E-state index contributed by atoms with van der Waals surface area (Å²) in [7, 11) is -4.38. The average molecular weight is 339 g/mol. The van der Waals surface area contributed by atoms with Gasteiger partial charge in [-0.25, -0.2) is 9.36 Å². The summed E-state index contributed by atoms with van der Waals surface area (Å²) in [5.74, 6) is -1.74. The summed E-state index contributed by atoms with van der Waals surface area (Å²) < 4.78 is 21.3. The number of rotatable bonds is 10. The molecule has 3 atom stereocenters. The molecule has 0 radical (unpaired) electrons. The lowest BCUT2D eigenvalue weighted by molar-refractivity contribution is -0.144. The normalized spacial score (nSPS) is 17.1. The number of nitrogens with one attached hydrogen (secondary N) is 1. The Hall–Kier alpha value is -0.950. The molecule has 1 amide bonds. The van der Waals surface area contributed by atoms with Crippen molar-refractivity contribution >= 4 is 19.7 Å². The Kier molecular flexibility index (Phi) is 8.85. The van der Waals surface area contributed by atoms with E-state index in [2.05, 4.69) is 5.32 Å². The fourth-order valence-corrected chi connectivity index (χ4v) is 2.62. The van der Waals surface area contributed by atoms with Crippen molar-refractivity contribution in [1.29, 1.82) is 0 Å². The molecule has 9 heteroatoms. The predicted octanol–water partition coefficient (Wildman–Crippen LogP) is 1.78. The number of hydrogen-bond donors (Lipinski definition) is 3. The highest BCUT2D eigenvalue weighted by Gasteiger charge is 2.34. The van der Waals surface area contributed by atoms with Crippen molar-refractivity contribution in [2.45, 2.75) is 53.2 Å². The van der Waals surface area contributed by atoms with Crippen LogP contribution in [0.2, 0.25) is 0 Å². The number of carbonyl (C=O) groups is 2. The monoisotopic (exact) mass is 339 g/mol. The maximum absolute atomic E-state index is 11.7. The Morgan fingerprint density at radius 3 is 2.09 bits per heavy atom. The molecule has 0 aliphatic rings. The maximum atomic E-state index is 11.7. The van der Waals surface area contributed by atoms with Gasteiger partial charge in [0.05, 0.1) is 12.7 Å². The van der Waals surface area contributed by atoms with Crippen LogP contribution in [0.1, 0.15) is 41.0 Å². The number of phosphoric ester groups is 1. The van der Waals surface area contributed by atoms with Crippen LogP contribution in [0, 0.1) is 11.8 Å². The van der Waals surface area contributed by atoms with Gasteiger partial charge in [0.25, 0.3) is 0 Å². The second-order valence-corrected chi connectivity index (χ2v) is 7.36. The summed E-state index contributed by atoms with van der Waals surface area (Å²) in [5.41, 5.74) is 0. The van der Waals surface area contributed by atoms with Gasteiger partial charge in [-0.3, -0.25) is 13.8 Å². The van der Waals surface area contributed by atoms with Gasteiger partial charge in [-0.2, -0.15) is 0 Å². The van der Waals surface area contributed by atoms with Crippen molar-refractivity contribution in [3.63, 3.8) is 0 Å². The molecule has 0 spiro atoms. The molecule has 0 rings (SSSR count). The van der Waals surface area contributed by atoms with Gasteiger partial charge in [0, 0.05) is 6.42 Å². The highest BCUT2D eigenvalue weighted by atomic mass is 31.2. The first-order chi connectivity index (χ1) is 9.94. The Morgan fingerprint density at radius 1 is 1.14 bits per heavy atom. The molecule has 3 unspecified atom stereocenters. The number of aliphatic carboxylic acids is 1. The van der Waals surface area contributed by atoms with Crippen LogP contribution in [0.5, 0.6) is 0 Å². The molecular formula is C13H26NO7P. The number of amides is 1. The van der Waals surface area contributed by atoms with E-state index in [9.17, 15) is 19.0 Å². The third-order valence-corrected chi connectivity index (χ3v) is 3.59. The van der Waals surface area contributed by atoms with Gasteiger partial charge < -0.3 is 15.3 Å². The van der Waals surface area contributed by atoms with Gasteiger partial charge >= 0.3 is 13.8 Å². The molecule has 0 bridgehead atoms. The number of carboxylic acid groups (broad SMARTS) is 1. The zero-order chi connectivity index (χ0) is 17.5. The summed E-state index contributed by atoms with van der Waals surface area (Å²) >= 11 is 0. The van der Waals surface area contributed by atoms with E-state index in [-0.39, 0.29) is 24.9 Å². The largest absolute Gasteiger partial charge is 0.480 e. The molecule has 8 nitrogen and oxygen atoms in total. The Labute approximate surface area is 130 Å². The smallest absolute Gasteiger partial charge is 0.472 e. The van der Waals surface area contributed by atoms with Crippen LogP contribution < -0.4 is 5.32 Å². The van der Waals surface area contributed by atoms with E-state index < -0.39 is 31.8 Å². The summed E-state index contributed by atoms with van der Waals surface area (Å²) in [6.45, 7) is 8.49. The molecule has 0 aliphatic heterocycles. The van der Waals surface area contributed by atoms with Crippen LogP contribution in [0.4, 0.5) is 0 Å². The fourth-order valence-electron chi connectivity index (χ4n) is 1.53. The highest BCUT2D eigenvalue weighted by molar-refractivity contribution is 7.47. The van der Waals surface area contributed by atoms with Gasteiger partial charge in [-0.15, -0.1) is 0 Å². The van der Waals surface area contributed by atoms with Crippen LogP contribution in [-0.2, 0) is 23.2 Å². The number of carboxylic acids is 1. The van der Waals surface area contributed by atoms with Crippen LogP contribution in [0.25, 0.3) is 0 Å². The molecule has 0 aliphatic carbocycles. The zero-order valence-electron chi connectivity index (χ0n) is 13.6. The maximum Gasteiger partial charge on any atom is 0.472 e. The van der Waals surface area contributed by atoms with E-state index in [1.165, 1.54) is 6.92 Å². The molecule has 0 aromatic rings. The molecule has 0 saturated heterocycles. The topological polar surface area (TPSA) is 122 Å².